The minimum absolute atomic E-state index is 0.0221. The first-order valence-electron chi connectivity index (χ1n) is 9.21. The molecule has 1 unspecified atom stereocenters. The largest absolute Gasteiger partial charge is 0.503 e. The highest BCUT2D eigenvalue weighted by molar-refractivity contribution is 7.84. The Labute approximate surface area is 186 Å². The topological polar surface area (TPSA) is 238 Å². The normalized spacial score (nSPS) is 23.7. The van der Waals surface area contributed by atoms with Crippen molar-refractivity contribution in [3.63, 3.8) is 0 Å². The molecule has 2 amide bonds. The zero-order valence-corrected chi connectivity index (χ0v) is 17.7. The Morgan fingerprint density at radius 2 is 2.12 bits per heavy atom. The van der Waals surface area contributed by atoms with E-state index in [4.69, 9.17) is 15.1 Å². The van der Waals surface area contributed by atoms with Crippen LogP contribution in [-0.4, -0.2) is 90.7 Å². The van der Waals surface area contributed by atoms with Crippen LogP contribution in [0.3, 0.4) is 0 Å². The molecule has 17 heteroatoms. The molecule has 3 atom stereocenters. The monoisotopic (exact) mass is 485 g/mol. The molecular formula is C16H19N7O9S. The zero-order valence-electron chi connectivity index (χ0n) is 16.9. The molecule has 178 valence electrons. The summed E-state index contributed by atoms with van der Waals surface area (Å²) in [6.45, 7) is 0.879. The lowest BCUT2D eigenvalue weighted by Gasteiger charge is -2.42. The first kappa shape index (κ1) is 23.8. The van der Waals surface area contributed by atoms with E-state index in [1.54, 1.807) is 0 Å². The van der Waals surface area contributed by atoms with Crippen LogP contribution in [-0.2, 0) is 29.5 Å². The maximum absolute atomic E-state index is 12.8. The van der Waals surface area contributed by atoms with E-state index in [-0.39, 0.29) is 22.4 Å². The maximum Gasteiger partial charge on any atom is 0.362 e. The van der Waals surface area contributed by atoms with Crippen LogP contribution in [0.5, 0.6) is 0 Å². The fourth-order valence-electron chi connectivity index (χ4n) is 3.02. The number of ketones is 1. The number of rotatable bonds is 7. The highest BCUT2D eigenvalue weighted by Gasteiger charge is 2.51. The SMILES string of the molecule is C[C@H]1[C@H](NC(=O)/C(=N\OCC2CC(=O)C(O)=CN2O)c2nccc(N)n2)C(=O)N1S(=O)(=O)O. The number of hydroxylamine groups is 2. The van der Waals surface area contributed by atoms with E-state index in [1.807, 2.05) is 0 Å². The van der Waals surface area contributed by atoms with E-state index in [2.05, 4.69) is 20.4 Å². The number of aromatic nitrogens is 2. The van der Waals surface area contributed by atoms with Crippen molar-refractivity contribution in [2.75, 3.05) is 12.3 Å². The number of aliphatic hydroxyl groups excluding tert-OH is 1. The second-order valence-corrected chi connectivity index (χ2v) is 8.31. The zero-order chi connectivity index (χ0) is 24.5. The third-order valence-electron chi connectivity index (χ3n) is 4.73. The lowest BCUT2D eigenvalue weighted by molar-refractivity contribution is -0.143. The predicted molar refractivity (Wildman–Crippen MR) is 106 cm³/mol. The number of nitrogens with one attached hydrogen (secondary N) is 1. The number of hydrogen-bond donors (Lipinski definition) is 5. The first-order chi connectivity index (χ1) is 15.4. The molecule has 6 N–H and O–H groups in total. The van der Waals surface area contributed by atoms with E-state index < -0.39 is 64.1 Å². The molecule has 2 aliphatic rings. The van der Waals surface area contributed by atoms with Gasteiger partial charge in [-0.2, -0.15) is 8.42 Å². The number of nitrogens with two attached hydrogens (primary N) is 1. The average Bonchev–Trinajstić information content (AvgIpc) is 2.72. The number of amides is 2. The lowest BCUT2D eigenvalue weighted by Crippen LogP contribution is -2.71. The summed E-state index contributed by atoms with van der Waals surface area (Å²) in [5, 5.41) is 25.5. The molecule has 0 spiro atoms. The number of carbonyl (C=O) groups is 3. The molecule has 0 aliphatic carbocycles. The number of nitrogen functional groups attached to an aromatic ring is 1. The predicted octanol–water partition coefficient (Wildman–Crippen LogP) is -2.27. The van der Waals surface area contributed by atoms with E-state index in [9.17, 15) is 33.1 Å². The molecule has 2 aliphatic heterocycles. The summed E-state index contributed by atoms with van der Waals surface area (Å²) in [6, 6.07) is -1.99. The van der Waals surface area contributed by atoms with Gasteiger partial charge in [0, 0.05) is 12.6 Å². The van der Waals surface area contributed by atoms with Crippen molar-refractivity contribution in [3.05, 3.63) is 30.0 Å². The number of allylic oxidation sites excluding steroid dienone is 1. The van der Waals surface area contributed by atoms with E-state index >= 15 is 0 Å². The minimum atomic E-state index is -4.79. The molecule has 0 aromatic carbocycles. The molecule has 1 aromatic rings. The Morgan fingerprint density at radius 1 is 1.42 bits per heavy atom. The number of hydrogen-bond acceptors (Lipinski definition) is 13. The van der Waals surface area contributed by atoms with Gasteiger partial charge in [-0.3, -0.25) is 29.2 Å². The van der Waals surface area contributed by atoms with Crippen LogP contribution in [0.2, 0.25) is 0 Å². The number of nitrogens with zero attached hydrogens (tertiary/aromatic N) is 5. The second kappa shape index (κ2) is 8.96. The second-order valence-electron chi connectivity index (χ2n) is 7.02. The van der Waals surface area contributed by atoms with Gasteiger partial charge in [0.2, 0.25) is 11.5 Å². The van der Waals surface area contributed by atoms with Crippen molar-refractivity contribution >= 4 is 39.4 Å². The van der Waals surface area contributed by atoms with Crippen molar-refractivity contribution in [1.29, 1.82) is 0 Å². The third-order valence-corrected chi connectivity index (χ3v) is 5.74. The number of oxime groups is 1. The molecule has 1 saturated heterocycles. The number of Topliss-reactive ketones (excluding diaryl/α,β-unsaturated/α-hetero) is 1. The molecule has 3 heterocycles. The van der Waals surface area contributed by atoms with Gasteiger partial charge < -0.3 is 21.0 Å². The lowest BCUT2D eigenvalue weighted by atomic mass is 10.0. The molecule has 33 heavy (non-hydrogen) atoms. The molecule has 1 fully saturated rings. The maximum atomic E-state index is 12.8. The summed E-state index contributed by atoms with van der Waals surface area (Å²) < 4.78 is 31.7. The Kier molecular flexibility index (Phi) is 6.47. The van der Waals surface area contributed by atoms with Gasteiger partial charge in [-0.1, -0.05) is 5.16 Å². The Hall–Kier alpha value is -3.83. The van der Waals surface area contributed by atoms with Crippen molar-refractivity contribution in [2.45, 2.75) is 31.5 Å². The number of anilines is 1. The quantitative estimate of drug-likeness (QED) is 0.119. The highest BCUT2D eigenvalue weighted by atomic mass is 32.2. The fourth-order valence-corrected chi connectivity index (χ4v) is 3.90. The molecule has 16 nitrogen and oxygen atoms in total. The van der Waals surface area contributed by atoms with Gasteiger partial charge >= 0.3 is 10.3 Å². The van der Waals surface area contributed by atoms with Crippen LogP contribution in [0.15, 0.2) is 29.4 Å². The smallest absolute Gasteiger partial charge is 0.362 e. The summed E-state index contributed by atoms with van der Waals surface area (Å²) in [4.78, 5) is 49.2. The van der Waals surface area contributed by atoms with Crippen molar-refractivity contribution in [2.24, 2.45) is 5.16 Å². The van der Waals surface area contributed by atoms with Crippen LogP contribution in [0.1, 0.15) is 19.2 Å². The van der Waals surface area contributed by atoms with Gasteiger partial charge in [-0.05, 0) is 13.0 Å². The summed E-state index contributed by atoms with van der Waals surface area (Å²) >= 11 is 0. The van der Waals surface area contributed by atoms with Crippen LogP contribution in [0, 0.1) is 0 Å². The van der Waals surface area contributed by atoms with Crippen LogP contribution >= 0.6 is 0 Å². The molecular weight excluding hydrogens is 466 g/mol. The third kappa shape index (κ3) is 4.99. The van der Waals surface area contributed by atoms with Gasteiger partial charge in [0.25, 0.3) is 11.8 Å². The van der Waals surface area contributed by atoms with Crippen molar-refractivity contribution < 1.29 is 42.5 Å². The average molecular weight is 485 g/mol. The Balaban J connectivity index is 1.77. The van der Waals surface area contributed by atoms with Gasteiger partial charge in [0.15, 0.2) is 11.6 Å². The molecule has 0 saturated carbocycles. The minimum Gasteiger partial charge on any atom is -0.503 e. The van der Waals surface area contributed by atoms with E-state index in [0.717, 1.165) is 6.20 Å². The van der Waals surface area contributed by atoms with Crippen LogP contribution in [0.25, 0.3) is 0 Å². The Morgan fingerprint density at radius 3 is 2.73 bits per heavy atom. The number of aliphatic hydroxyl groups is 1. The first-order valence-corrected chi connectivity index (χ1v) is 10.6. The van der Waals surface area contributed by atoms with Gasteiger partial charge in [-0.15, -0.1) is 0 Å². The standard InChI is InChI=1S/C16H19N7O9S/c1-7-12(16(27)23(7)33(29,30)31)20-15(26)13(14-18-3-2-11(17)19-14)21-32-6-8-4-9(24)10(25)5-22(8)28/h2-3,5,7-8,12,25,28H,4,6H2,1H3,(H,20,26)(H2,17,18,19)(H,29,30,31)/b21-13-/t7-,8?,12-/m0/s1. The fraction of sp³-hybridized carbons (Fsp3) is 0.375. The van der Waals surface area contributed by atoms with E-state index in [0.29, 0.717) is 5.06 Å². The number of carbonyl (C=O) groups excluding carboxylic acids is 3. The van der Waals surface area contributed by atoms with Crippen molar-refractivity contribution in [3.8, 4) is 0 Å². The molecule has 1 aromatic heterocycles. The number of β-lactam (4-membered cyclic amide) rings is 1. The summed E-state index contributed by atoms with van der Waals surface area (Å²) in [5.74, 6) is -3.70. The molecule has 0 bridgehead atoms. The Bertz CT molecular complexity index is 1150. The summed E-state index contributed by atoms with van der Waals surface area (Å²) in [6.07, 6.45) is 1.72. The molecule has 3 rings (SSSR count). The summed E-state index contributed by atoms with van der Waals surface area (Å²) in [7, 11) is -4.79. The highest BCUT2D eigenvalue weighted by Crippen LogP contribution is 2.23. The van der Waals surface area contributed by atoms with Gasteiger partial charge in [-0.25, -0.2) is 14.3 Å². The van der Waals surface area contributed by atoms with Crippen LogP contribution in [0.4, 0.5) is 5.82 Å². The van der Waals surface area contributed by atoms with Gasteiger partial charge in [0.1, 0.15) is 18.5 Å². The van der Waals surface area contributed by atoms with E-state index in [1.165, 1.54) is 19.2 Å². The van der Waals surface area contributed by atoms with Crippen molar-refractivity contribution in [1.82, 2.24) is 24.7 Å². The van der Waals surface area contributed by atoms with Crippen LogP contribution < -0.4 is 11.1 Å². The van der Waals surface area contributed by atoms with Gasteiger partial charge in [0.05, 0.1) is 18.3 Å². The summed E-state index contributed by atoms with van der Waals surface area (Å²) in [5.41, 5.74) is 5.05. The molecule has 0 radical (unpaired) electrons.